The van der Waals surface area contributed by atoms with Crippen molar-refractivity contribution >= 4 is 38.8 Å². The van der Waals surface area contributed by atoms with Crippen molar-refractivity contribution in [3.8, 4) is 0 Å². The Morgan fingerprint density at radius 2 is 2.00 bits per heavy atom. The lowest BCUT2D eigenvalue weighted by molar-refractivity contribution is -0.142. The first kappa shape index (κ1) is 15.6. The van der Waals surface area contributed by atoms with E-state index < -0.39 is 23.3 Å². The van der Waals surface area contributed by atoms with Crippen LogP contribution in [0.4, 0.5) is 0 Å². The zero-order valence-corrected chi connectivity index (χ0v) is 13.5. The van der Waals surface area contributed by atoms with Gasteiger partial charge < -0.3 is 14.8 Å². The van der Waals surface area contributed by atoms with Gasteiger partial charge in [0.1, 0.15) is 11.6 Å². The number of aliphatic carboxylic acids is 1. The summed E-state index contributed by atoms with van der Waals surface area (Å²) in [5, 5.41) is 12.5. The number of hydrogen-bond acceptors (Lipinski definition) is 3. The van der Waals surface area contributed by atoms with E-state index in [2.05, 4.69) is 21.2 Å². The molecule has 6 heteroatoms. The second-order valence-electron chi connectivity index (χ2n) is 5.88. The van der Waals surface area contributed by atoms with Gasteiger partial charge in [-0.3, -0.25) is 4.79 Å². The van der Waals surface area contributed by atoms with E-state index >= 15 is 0 Å². The Labute approximate surface area is 130 Å². The minimum absolute atomic E-state index is 0.0902. The zero-order valence-electron chi connectivity index (χ0n) is 11.9. The third kappa shape index (κ3) is 3.26. The van der Waals surface area contributed by atoms with Crippen LogP contribution >= 0.6 is 15.9 Å². The molecule has 1 amide bonds. The molecule has 0 aliphatic rings. The normalized spacial score (nSPS) is 13.1. The lowest BCUT2D eigenvalue weighted by Crippen LogP contribution is -2.49. The summed E-state index contributed by atoms with van der Waals surface area (Å²) in [4.78, 5) is 23.5. The highest BCUT2D eigenvalue weighted by Gasteiger charge is 2.33. The van der Waals surface area contributed by atoms with Gasteiger partial charge in [-0.25, -0.2) is 4.79 Å². The molecular formula is C15H16BrNO4. The van der Waals surface area contributed by atoms with Gasteiger partial charge in [0.05, 0.1) is 4.47 Å². The molecule has 0 aliphatic heterocycles. The third-order valence-corrected chi connectivity index (χ3v) is 3.73. The van der Waals surface area contributed by atoms with Gasteiger partial charge in [0.2, 0.25) is 0 Å². The highest BCUT2D eigenvalue weighted by molar-refractivity contribution is 9.10. The maximum Gasteiger partial charge on any atom is 0.326 e. The SMILES string of the molecule is CC(C)(C)[C@@H](NC(=O)c1cc2cccc(Br)c2o1)C(=O)O. The molecule has 0 aliphatic carbocycles. The number of carboxylic acids is 1. The molecule has 0 unspecified atom stereocenters. The van der Waals surface area contributed by atoms with Crippen molar-refractivity contribution in [1.29, 1.82) is 0 Å². The van der Waals surface area contributed by atoms with Crippen LogP contribution in [-0.2, 0) is 4.79 Å². The Bertz CT molecular complexity index is 699. The number of benzene rings is 1. The second kappa shape index (κ2) is 5.52. The number of fused-ring (bicyclic) bond motifs is 1. The van der Waals surface area contributed by atoms with E-state index in [0.717, 1.165) is 9.86 Å². The Morgan fingerprint density at radius 1 is 1.33 bits per heavy atom. The summed E-state index contributed by atoms with van der Waals surface area (Å²) in [5.41, 5.74) is -0.0426. The molecule has 1 aromatic heterocycles. The smallest absolute Gasteiger partial charge is 0.326 e. The molecule has 1 atom stereocenters. The molecule has 0 saturated heterocycles. The quantitative estimate of drug-likeness (QED) is 0.885. The Morgan fingerprint density at radius 3 is 2.52 bits per heavy atom. The van der Waals surface area contributed by atoms with Crippen molar-refractivity contribution in [3.05, 3.63) is 34.5 Å². The van der Waals surface area contributed by atoms with Crippen LogP contribution in [0.3, 0.4) is 0 Å². The van der Waals surface area contributed by atoms with Gasteiger partial charge in [0.25, 0.3) is 5.91 Å². The summed E-state index contributed by atoms with van der Waals surface area (Å²) in [7, 11) is 0. The van der Waals surface area contributed by atoms with Gasteiger partial charge >= 0.3 is 5.97 Å². The summed E-state index contributed by atoms with van der Waals surface area (Å²) in [6.45, 7) is 5.25. The predicted molar refractivity (Wildman–Crippen MR) is 82.3 cm³/mol. The first-order valence-corrected chi connectivity index (χ1v) is 7.21. The molecule has 1 heterocycles. The summed E-state index contributed by atoms with van der Waals surface area (Å²) in [6, 6.07) is 6.05. The monoisotopic (exact) mass is 353 g/mol. The van der Waals surface area contributed by atoms with Gasteiger partial charge in [0, 0.05) is 5.39 Å². The lowest BCUT2D eigenvalue weighted by Gasteiger charge is -2.27. The van der Waals surface area contributed by atoms with Gasteiger partial charge in [-0.05, 0) is 33.5 Å². The van der Waals surface area contributed by atoms with E-state index in [1.165, 1.54) is 0 Å². The predicted octanol–water partition coefficient (Wildman–Crippen LogP) is 3.42. The minimum atomic E-state index is -1.08. The largest absolute Gasteiger partial charge is 0.480 e. The molecule has 0 radical (unpaired) electrons. The molecular weight excluding hydrogens is 338 g/mol. The minimum Gasteiger partial charge on any atom is -0.480 e. The zero-order chi connectivity index (χ0) is 15.8. The average molecular weight is 354 g/mol. The van der Waals surface area contributed by atoms with Gasteiger partial charge in [0.15, 0.2) is 5.76 Å². The number of halogens is 1. The van der Waals surface area contributed by atoms with Crippen molar-refractivity contribution < 1.29 is 19.1 Å². The molecule has 2 rings (SSSR count). The first-order chi connectivity index (χ1) is 9.70. The Hall–Kier alpha value is -1.82. The number of amides is 1. The van der Waals surface area contributed by atoms with Crippen LogP contribution in [0, 0.1) is 5.41 Å². The highest BCUT2D eigenvalue weighted by atomic mass is 79.9. The van der Waals surface area contributed by atoms with E-state index in [4.69, 9.17) is 4.42 Å². The second-order valence-corrected chi connectivity index (χ2v) is 6.73. The molecule has 21 heavy (non-hydrogen) atoms. The van der Waals surface area contributed by atoms with Crippen molar-refractivity contribution in [2.24, 2.45) is 5.41 Å². The van der Waals surface area contributed by atoms with Crippen molar-refractivity contribution in [2.45, 2.75) is 26.8 Å². The van der Waals surface area contributed by atoms with Crippen molar-refractivity contribution in [3.63, 3.8) is 0 Å². The van der Waals surface area contributed by atoms with Crippen LogP contribution in [0.15, 0.2) is 33.2 Å². The average Bonchev–Trinajstić information content (AvgIpc) is 2.79. The number of nitrogens with one attached hydrogen (secondary N) is 1. The molecule has 0 fully saturated rings. The molecule has 0 spiro atoms. The van der Waals surface area contributed by atoms with Crippen LogP contribution in [-0.4, -0.2) is 23.0 Å². The molecule has 5 nitrogen and oxygen atoms in total. The molecule has 0 saturated carbocycles. The topological polar surface area (TPSA) is 79.5 Å². The van der Waals surface area contributed by atoms with E-state index in [1.807, 2.05) is 18.2 Å². The number of furan rings is 1. The number of rotatable bonds is 3. The summed E-state index contributed by atoms with van der Waals surface area (Å²) < 4.78 is 6.24. The van der Waals surface area contributed by atoms with E-state index in [1.54, 1.807) is 26.8 Å². The fraction of sp³-hybridized carbons (Fsp3) is 0.333. The number of hydrogen-bond donors (Lipinski definition) is 2. The number of para-hydroxylation sites is 1. The maximum absolute atomic E-state index is 12.2. The summed E-state index contributed by atoms with van der Waals surface area (Å²) in [6.07, 6.45) is 0. The van der Waals surface area contributed by atoms with Crippen LogP contribution < -0.4 is 5.32 Å². The first-order valence-electron chi connectivity index (χ1n) is 6.42. The van der Waals surface area contributed by atoms with Crippen LogP contribution in [0.5, 0.6) is 0 Å². The van der Waals surface area contributed by atoms with Gasteiger partial charge in [-0.2, -0.15) is 0 Å². The van der Waals surface area contributed by atoms with Crippen LogP contribution in [0.1, 0.15) is 31.3 Å². The molecule has 2 N–H and O–H groups in total. The fourth-order valence-electron chi connectivity index (χ4n) is 1.99. The summed E-state index contributed by atoms with van der Waals surface area (Å²) >= 11 is 3.35. The van der Waals surface area contributed by atoms with E-state index in [9.17, 15) is 14.7 Å². The third-order valence-electron chi connectivity index (χ3n) is 3.11. The Kier molecular flexibility index (Phi) is 4.09. The fourth-order valence-corrected chi connectivity index (χ4v) is 2.45. The van der Waals surface area contributed by atoms with E-state index in [-0.39, 0.29) is 5.76 Å². The Balaban J connectivity index is 2.30. The molecule has 1 aromatic carbocycles. The number of carboxylic acid groups (broad SMARTS) is 1. The van der Waals surface area contributed by atoms with Crippen LogP contribution in [0.2, 0.25) is 0 Å². The van der Waals surface area contributed by atoms with Gasteiger partial charge in [-0.15, -0.1) is 0 Å². The summed E-state index contributed by atoms with van der Waals surface area (Å²) in [5.74, 6) is -1.53. The number of carbonyl (C=O) groups excluding carboxylic acids is 1. The molecule has 2 aromatic rings. The molecule has 112 valence electrons. The molecule has 0 bridgehead atoms. The van der Waals surface area contributed by atoms with Crippen LogP contribution in [0.25, 0.3) is 11.0 Å². The van der Waals surface area contributed by atoms with Gasteiger partial charge in [-0.1, -0.05) is 32.9 Å². The van der Waals surface area contributed by atoms with Crippen molar-refractivity contribution in [2.75, 3.05) is 0 Å². The number of carbonyl (C=O) groups is 2. The maximum atomic E-state index is 12.2. The highest BCUT2D eigenvalue weighted by Crippen LogP contribution is 2.27. The van der Waals surface area contributed by atoms with Crippen molar-refractivity contribution in [1.82, 2.24) is 5.32 Å². The standard InChI is InChI=1S/C15H16BrNO4/c1-15(2,3)12(14(19)20)17-13(18)10-7-8-5-4-6-9(16)11(8)21-10/h4-7,12H,1-3H3,(H,17,18)(H,19,20)/t12-/m0/s1. The van der Waals surface area contributed by atoms with E-state index in [0.29, 0.717) is 5.58 Å². The lowest BCUT2D eigenvalue weighted by atomic mass is 9.87.